The summed E-state index contributed by atoms with van der Waals surface area (Å²) >= 11 is 6.06. The average Bonchev–Trinajstić information content (AvgIpc) is 2.23. The van der Waals surface area contributed by atoms with Crippen LogP contribution in [0.15, 0.2) is 0 Å². The van der Waals surface area contributed by atoms with Crippen molar-refractivity contribution in [3.8, 4) is 0 Å². The molecule has 1 rings (SSSR count). The van der Waals surface area contributed by atoms with E-state index in [0.717, 1.165) is 11.3 Å². The second-order valence-electron chi connectivity index (χ2n) is 4.38. The van der Waals surface area contributed by atoms with Gasteiger partial charge in [-0.3, -0.25) is 4.68 Å². The Morgan fingerprint density at radius 1 is 1.43 bits per heavy atom. The summed E-state index contributed by atoms with van der Waals surface area (Å²) in [6, 6.07) is 0. The smallest absolute Gasteiger partial charge is 0.132 e. The van der Waals surface area contributed by atoms with Gasteiger partial charge in [0.15, 0.2) is 0 Å². The number of ether oxygens (including phenoxy) is 1. The van der Waals surface area contributed by atoms with Gasteiger partial charge in [0.2, 0.25) is 0 Å². The van der Waals surface area contributed by atoms with Crippen LogP contribution in [0.4, 0.5) is 0 Å². The van der Waals surface area contributed by atoms with Crippen molar-refractivity contribution in [2.75, 3.05) is 0 Å². The fourth-order valence-corrected chi connectivity index (χ4v) is 1.36. The van der Waals surface area contributed by atoms with Crippen molar-refractivity contribution in [2.24, 2.45) is 7.05 Å². The molecule has 0 bridgehead atoms. The van der Waals surface area contributed by atoms with Crippen LogP contribution in [0.1, 0.15) is 32.0 Å². The average molecular weight is 217 g/mol. The van der Waals surface area contributed by atoms with Gasteiger partial charge in [-0.25, -0.2) is 0 Å². The highest BCUT2D eigenvalue weighted by atomic mass is 35.5. The minimum Gasteiger partial charge on any atom is -0.371 e. The minimum atomic E-state index is -0.147. The summed E-state index contributed by atoms with van der Waals surface area (Å²) < 4.78 is 7.32. The lowest BCUT2D eigenvalue weighted by molar-refractivity contribution is -0.0151. The maximum absolute atomic E-state index is 6.06. The molecular formula is C10H17ClN2O. The van der Waals surface area contributed by atoms with Crippen molar-refractivity contribution < 1.29 is 4.74 Å². The molecule has 0 amide bonds. The molecule has 1 heterocycles. The van der Waals surface area contributed by atoms with E-state index in [9.17, 15) is 0 Å². The predicted molar refractivity (Wildman–Crippen MR) is 57.5 cm³/mol. The van der Waals surface area contributed by atoms with Crippen LogP contribution < -0.4 is 0 Å². The molecule has 0 unspecified atom stereocenters. The molecule has 4 heteroatoms. The maximum Gasteiger partial charge on any atom is 0.132 e. The normalized spacial score (nSPS) is 12.1. The third-order valence-corrected chi connectivity index (χ3v) is 2.39. The van der Waals surface area contributed by atoms with Gasteiger partial charge >= 0.3 is 0 Å². The Hall–Kier alpha value is -0.540. The van der Waals surface area contributed by atoms with Gasteiger partial charge in [0.05, 0.1) is 17.9 Å². The van der Waals surface area contributed by atoms with Gasteiger partial charge in [-0.15, -0.1) is 0 Å². The van der Waals surface area contributed by atoms with Gasteiger partial charge in [0, 0.05) is 12.6 Å². The van der Waals surface area contributed by atoms with E-state index < -0.39 is 0 Å². The Labute approximate surface area is 90.0 Å². The first-order valence-corrected chi connectivity index (χ1v) is 5.01. The van der Waals surface area contributed by atoms with Crippen LogP contribution in [0.5, 0.6) is 0 Å². The Balaban J connectivity index is 2.77. The molecule has 0 aliphatic carbocycles. The summed E-state index contributed by atoms with van der Waals surface area (Å²) in [5.74, 6) is 0. The molecule has 0 aromatic carbocycles. The minimum absolute atomic E-state index is 0.147. The molecule has 0 N–H and O–H groups in total. The number of hydrogen-bond donors (Lipinski definition) is 0. The van der Waals surface area contributed by atoms with Crippen LogP contribution in [0.3, 0.4) is 0 Å². The molecule has 0 aliphatic rings. The fraction of sp³-hybridized carbons (Fsp3) is 0.700. The zero-order valence-corrected chi connectivity index (χ0v) is 10.1. The van der Waals surface area contributed by atoms with Gasteiger partial charge in [0.1, 0.15) is 5.15 Å². The highest BCUT2D eigenvalue weighted by Crippen LogP contribution is 2.21. The van der Waals surface area contributed by atoms with Crippen LogP contribution in [-0.2, 0) is 18.4 Å². The SMILES string of the molecule is Cc1nn(C)c(Cl)c1COC(C)(C)C. The molecule has 0 spiro atoms. The standard InChI is InChI=1S/C10H17ClN2O/c1-7-8(6-14-10(2,3)4)9(11)13(5)12-7/h6H2,1-5H3. The van der Waals surface area contributed by atoms with E-state index >= 15 is 0 Å². The number of nitrogens with zero attached hydrogens (tertiary/aromatic N) is 2. The second kappa shape index (κ2) is 3.91. The van der Waals surface area contributed by atoms with Crippen molar-refractivity contribution in [1.82, 2.24) is 9.78 Å². The molecule has 0 saturated carbocycles. The largest absolute Gasteiger partial charge is 0.371 e. The van der Waals surface area contributed by atoms with E-state index in [-0.39, 0.29) is 5.60 Å². The van der Waals surface area contributed by atoms with E-state index in [1.165, 1.54) is 0 Å². The lowest BCUT2D eigenvalue weighted by Crippen LogP contribution is -2.18. The van der Waals surface area contributed by atoms with Crippen molar-refractivity contribution in [1.29, 1.82) is 0 Å². The maximum atomic E-state index is 6.06. The third-order valence-electron chi connectivity index (χ3n) is 1.92. The monoisotopic (exact) mass is 216 g/mol. The Kier molecular flexibility index (Phi) is 3.22. The summed E-state index contributed by atoms with van der Waals surface area (Å²) in [5.41, 5.74) is 1.76. The molecule has 0 saturated heterocycles. The highest BCUT2D eigenvalue weighted by Gasteiger charge is 2.15. The summed E-state index contributed by atoms with van der Waals surface area (Å²) in [6.07, 6.45) is 0. The zero-order valence-electron chi connectivity index (χ0n) is 9.39. The molecule has 14 heavy (non-hydrogen) atoms. The van der Waals surface area contributed by atoms with E-state index in [1.54, 1.807) is 4.68 Å². The van der Waals surface area contributed by atoms with Crippen LogP contribution >= 0.6 is 11.6 Å². The quantitative estimate of drug-likeness (QED) is 0.760. The van der Waals surface area contributed by atoms with Gasteiger partial charge in [-0.05, 0) is 27.7 Å². The van der Waals surface area contributed by atoms with E-state index in [4.69, 9.17) is 16.3 Å². The van der Waals surface area contributed by atoms with Crippen LogP contribution in [-0.4, -0.2) is 15.4 Å². The number of aryl methyl sites for hydroxylation is 2. The fourth-order valence-electron chi connectivity index (χ4n) is 1.13. The highest BCUT2D eigenvalue weighted by molar-refractivity contribution is 6.30. The first kappa shape index (κ1) is 11.5. The number of rotatable bonds is 2. The molecular weight excluding hydrogens is 200 g/mol. The van der Waals surface area contributed by atoms with Crippen LogP contribution in [0.25, 0.3) is 0 Å². The number of hydrogen-bond acceptors (Lipinski definition) is 2. The van der Waals surface area contributed by atoms with Crippen molar-refractivity contribution in [2.45, 2.75) is 39.9 Å². The lowest BCUT2D eigenvalue weighted by atomic mass is 10.2. The van der Waals surface area contributed by atoms with Gasteiger partial charge in [-0.1, -0.05) is 11.6 Å². The molecule has 1 aromatic heterocycles. The van der Waals surface area contributed by atoms with Gasteiger partial charge < -0.3 is 4.74 Å². The summed E-state index contributed by atoms with van der Waals surface area (Å²) in [7, 11) is 1.83. The second-order valence-corrected chi connectivity index (χ2v) is 4.74. The Morgan fingerprint density at radius 2 is 2.00 bits per heavy atom. The van der Waals surface area contributed by atoms with Gasteiger partial charge in [-0.2, -0.15) is 5.10 Å². The third kappa shape index (κ3) is 2.72. The lowest BCUT2D eigenvalue weighted by Gasteiger charge is -2.19. The Morgan fingerprint density at radius 3 is 2.36 bits per heavy atom. The summed E-state index contributed by atoms with van der Waals surface area (Å²) in [6.45, 7) is 8.51. The van der Waals surface area contributed by atoms with Gasteiger partial charge in [0.25, 0.3) is 0 Å². The van der Waals surface area contributed by atoms with Crippen molar-refractivity contribution >= 4 is 11.6 Å². The van der Waals surface area contributed by atoms with Crippen molar-refractivity contribution in [3.63, 3.8) is 0 Å². The molecule has 3 nitrogen and oxygen atoms in total. The first-order valence-electron chi connectivity index (χ1n) is 4.63. The molecule has 1 aromatic rings. The van der Waals surface area contributed by atoms with Crippen LogP contribution in [0.2, 0.25) is 5.15 Å². The molecule has 0 fully saturated rings. The molecule has 80 valence electrons. The van der Waals surface area contributed by atoms with E-state index in [1.807, 2.05) is 34.7 Å². The molecule has 0 atom stereocenters. The van der Waals surface area contributed by atoms with Crippen LogP contribution in [0, 0.1) is 6.92 Å². The Bertz CT molecular complexity index is 326. The summed E-state index contributed by atoms with van der Waals surface area (Å²) in [5, 5.41) is 4.88. The summed E-state index contributed by atoms with van der Waals surface area (Å²) in [4.78, 5) is 0. The predicted octanol–water partition coefficient (Wildman–Crippen LogP) is 2.70. The number of aromatic nitrogens is 2. The first-order chi connectivity index (χ1) is 6.31. The topological polar surface area (TPSA) is 27.1 Å². The molecule has 0 aliphatic heterocycles. The molecule has 0 radical (unpaired) electrons. The van der Waals surface area contributed by atoms with Crippen molar-refractivity contribution in [3.05, 3.63) is 16.4 Å². The zero-order chi connectivity index (χ0) is 10.9. The van der Waals surface area contributed by atoms with E-state index in [0.29, 0.717) is 11.8 Å². The van der Waals surface area contributed by atoms with E-state index in [2.05, 4.69) is 5.10 Å². The number of halogens is 1.